The molecular formula is C16H17NO3. The third-order valence-electron chi connectivity index (χ3n) is 5.18. The molecule has 0 bridgehead atoms. The van der Waals surface area contributed by atoms with Gasteiger partial charge in [-0.2, -0.15) is 0 Å². The Hall–Kier alpha value is -1.84. The summed E-state index contributed by atoms with van der Waals surface area (Å²) in [5, 5.41) is 9.02. The normalized spacial score (nSPS) is 30.0. The van der Waals surface area contributed by atoms with Crippen molar-refractivity contribution < 1.29 is 14.7 Å². The third-order valence-corrected chi connectivity index (χ3v) is 5.18. The Labute approximate surface area is 117 Å². The molecule has 4 rings (SSSR count). The zero-order valence-electron chi connectivity index (χ0n) is 11.2. The van der Waals surface area contributed by atoms with E-state index in [4.69, 9.17) is 5.11 Å². The molecule has 0 saturated heterocycles. The standard InChI is InChI=1S/C16H17NO3/c18-15(14-12-2-1-3-13(12)14)17-7-10-5-4-9(16(19)20)6-11(10)8-17/h4-6,12-14H,1-3,7-8H2,(H,19,20). The summed E-state index contributed by atoms with van der Waals surface area (Å²) in [6, 6.07) is 5.18. The summed E-state index contributed by atoms with van der Waals surface area (Å²) in [4.78, 5) is 25.4. The molecule has 0 spiro atoms. The van der Waals surface area contributed by atoms with Crippen molar-refractivity contribution >= 4 is 11.9 Å². The molecule has 1 N–H and O–H groups in total. The molecule has 2 atom stereocenters. The first-order valence-electron chi connectivity index (χ1n) is 7.29. The van der Waals surface area contributed by atoms with Crippen molar-refractivity contribution in [3.05, 3.63) is 34.9 Å². The van der Waals surface area contributed by atoms with Crippen LogP contribution >= 0.6 is 0 Å². The molecule has 1 aromatic rings. The lowest BCUT2D eigenvalue weighted by atomic mass is 10.1. The highest BCUT2D eigenvalue weighted by atomic mass is 16.4. The fourth-order valence-electron chi connectivity index (χ4n) is 4.08. The number of amides is 1. The summed E-state index contributed by atoms with van der Waals surface area (Å²) in [5.74, 6) is 0.917. The van der Waals surface area contributed by atoms with Gasteiger partial charge in [0.1, 0.15) is 0 Å². The second-order valence-electron chi connectivity index (χ2n) is 6.27. The van der Waals surface area contributed by atoms with Gasteiger partial charge < -0.3 is 10.0 Å². The molecular weight excluding hydrogens is 254 g/mol. The largest absolute Gasteiger partial charge is 0.478 e. The Morgan fingerprint density at radius 3 is 2.50 bits per heavy atom. The van der Waals surface area contributed by atoms with Gasteiger partial charge in [0.25, 0.3) is 0 Å². The van der Waals surface area contributed by atoms with Gasteiger partial charge in [-0.3, -0.25) is 4.79 Å². The van der Waals surface area contributed by atoms with E-state index in [1.54, 1.807) is 12.1 Å². The number of carboxylic acid groups (broad SMARTS) is 1. The lowest BCUT2D eigenvalue weighted by Gasteiger charge is -2.16. The minimum absolute atomic E-state index is 0.261. The summed E-state index contributed by atoms with van der Waals surface area (Å²) in [5.41, 5.74) is 2.39. The van der Waals surface area contributed by atoms with Crippen molar-refractivity contribution in [3.8, 4) is 0 Å². The highest BCUT2D eigenvalue weighted by Gasteiger charge is 2.57. The number of hydrogen-bond acceptors (Lipinski definition) is 2. The molecule has 1 heterocycles. The Kier molecular flexibility index (Phi) is 2.43. The number of rotatable bonds is 2. The van der Waals surface area contributed by atoms with Crippen LogP contribution in [-0.4, -0.2) is 21.9 Å². The molecule has 2 fully saturated rings. The average molecular weight is 271 g/mol. The van der Waals surface area contributed by atoms with Gasteiger partial charge in [-0.25, -0.2) is 4.79 Å². The average Bonchev–Trinajstić information content (AvgIpc) is 2.83. The molecule has 104 valence electrons. The maximum absolute atomic E-state index is 12.5. The maximum atomic E-state index is 12.5. The summed E-state index contributed by atoms with van der Waals surface area (Å²) in [6.07, 6.45) is 3.71. The fraction of sp³-hybridized carbons (Fsp3) is 0.500. The molecule has 1 aliphatic heterocycles. The van der Waals surface area contributed by atoms with Crippen molar-refractivity contribution in [3.63, 3.8) is 0 Å². The molecule has 4 nitrogen and oxygen atoms in total. The number of aromatic carboxylic acids is 1. The number of carbonyl (C=O) groups excluding carboxylic acids is 1. The predicted octanol–water partition coefficient (Wildman–Crippen LogP) is 2.27. The first-order chi connectivity index (χ1) is 9.65. The van der Waals surface area contributed by atoms with Crippen LogP contribution in [-0.2, 0) is 17.9 Å². The van der Waals surface area contributed by atoms with Gasteiger partial charge in [-0.15, -0.1) is 0 Å². The van der Waals surface area contributed by atoms with Gasteiger partial charge in [-0.1, -0.05) is 12.5 Å². The number of fused-ring (bicyclic) bond motifs is 2. The monoisotopic (exact) mass is 271 g/mol. The first-order valence-corrected chi connectivity index (χ1v) is 7.29. The number of nitrogens with zero attached hydrogens (tertiary/aromatic N) is 1. The van der Waals surface area contributed by atoms with Crippen LogP contribution in [0.15, 0.2) is 18.2 Å². The predicted molar refractivity (Wildman–Crippen MR) is 72.0 cm³/mol. The summed E-state index contributed by atoms with van der Waals surface area (Å²) in [7, 11) is 0. The molecule has 2 saturated carbocycles. The Morgan fingerprint density at radius 2 is 1.80 bits per heavy atom. The van der Waals surface area contributed by atoms with Crippen molar-refractivity contribution in [1.82, 2.24) is 4.90 Å². The zero-order valence-corrected chi connectivity index (χ0v) is 11.2. The van der Waals surface area contributed by atoms with Crippen LogP contribution < -0.4 is 0 Å². The number of benzene rings is 1. The second-order valence-corrected chi connectivity index (χ2v) is 6.27. The molecule has 20 heavy (non-hydrogen) atoms. The van der Waals surface area contributed by atoms with Crippen LogP contribution in [0.1, 0.15) is 40.7 Å². The number of carboxylic acids is 1. The van der Waals surface area contributed by atoms with Crippen LogP contribution in [0.3, 0.4) is 0 Å². The first kappa shape index (κ1) is 11.9. The highest BCUT2D eigenvalue weighted by molar-refractivity contribution is 5.88. The van der Waals surface area contributed by atoms with E-state index >= 15 is 0 Å². The van der Waals surface area contributed by atoms with Gasteiger partial charge in [0.15, 0.2) is 0 Å². The Morgan fingerprint density at radius 1 is 1.10 bits per heavy atom. The van der Waals surface area contributed by atoms with E-state index in [0.717, 1.165) is 11.1 Å². The van der Waals surface area contributed by atoms with Gasteiger partial charge in [-0.05, 0) is 47.9 Å². The summed E-state index contributed by atoms with van der Waals surface area (Å²) < 4.78 is 0. The number of carbonyl (C=O) groups is 2. The van der Waals surface area contributed by atoms with E-state index in [1.165, 1.54) is 19.3 Å². The topological polar surface area (TPSA) is 57.6 Å². The molecule has 1 amide bonds. The third kappa shape index (κ3) is 1.67. The van der Waals surface area contributed by atoms with Gasteiger partial charge in [0.05, 0.1) is 5.56 Å². The van der Waals surface area contributed by atoms with Crippen molar-refractivity contribution in [1.29, 1.82) is 0 Å². The second kappa shape index (κ2) is 4.08. The van der Waals surface area contributed by atoms with Crippen molar-refractivity contribution in [2.45, 2.75) is 32.4 Å². The fourth-order valence-corrected chi connectivity index (χ4v) is 4.08. The highest BCUT2D eigenvalue weighted by Crippen LogP contribution is 2.58. The molecule has 3 aliphatic rings. The van der Waals surface area contributed by atoms with E-state index in [9.17, 15) is 9.59 Å². The van der Waals surface area contributed by atoms with Gasteiger partial charge in [0, 0.05) is 19.0 Å². The van der Waals surface area contributed by atoms with E-state index in [2.05, 4.69) is 0 Å². The van der Waals surface area contributed by atoms with Crippen LogP contribution in [0.4, 0.5) is 0 Å². The minimum atomic E-state index is -0.908. The molecule has 2 unspecified atom stereocenters. The summed E-state index contributed by atoms with van der Waals surface area (Å²) in [6.45, 7) is 1.22. The van der Waals surface area contributed by atoms with Gasteiger partial charge in [0.2, 0.25) is 5.91 Å². The lowest BCUT2D eigenvalue weighted by Crippen LogP contribution is -2.28. The van der Waals surface area contributed by atoms with Gasteiger partial charge >= 0.3 is 5.97 Å². The van der Waals surface area contributed by atoms with E-state index in [-0.39, 0.29) is 11.8 Å². The zero-order chi connectivity index (χ0) is 13.9. The van der Waals surface area contributed by atoms with Crippen LogP contribution in [0.5, 0.6) is 0 Å². The Balaban J connectivity index is 1.51. The van der Waals surface area contributed by atoms with Crippen LogP contribution in [0.25, 0.3) is 0 Å². The van der Waals surface area contributed by atoms with Crippen molar-refractivity contribution in [2.24, 2.45) is 17.8 Å². The molecule has 2 aliphatic carbocycles. The molecule has 0 radical (unpaired) electrons. The number of hydrogen-bond donors (Lipinski definition) is 1. The molecule has 1 aromatic carbocycles. The van der Waals surface area contributed by atoms with Crippen LogP contribution in [0, 0.1) is 17.8 Å². The Bertz CT molecular complexity index is 600. The SMILES string of the molecule is O=C(O)c1ccc2c(c1)CN(C(=O)C1C3CCCC31)C2. The summed E-state index contributed by atoms with van der Waals surface area (Å²) >= 11 is 0. The van der Waals surface area contributed by atoms with Crippen molar-refractivity contribution in [2.75, 3.05) is 0 Å². The lowest BCUT2D eigenvalue weighted by molar-refractivity contribution is -0.134. The maximum Gasteiger partial charge on any atom is 0.335 e. The van der Waals surface area contributed by atoms with E-state index in [0.29, 0.717) is 30.5 Å². The quantitative estimate of drug-likeness (QED) is 0.897. The van der Waals surface area contributed by atoms with E-state index in [1.807, 2.05) is 11.0 Å². The van der Waals surface area contributed by atoms with E-state index < -0.39 is 5.97 Å². The minimum Gasteiger partial charge on any atom is -0.478 e. The smallest absolute Gasteiger partial charge is 0.335 e. The molecule has 4 heteroatoms. The molecule has 0 aromatic heterocycles. The van der Waals surface area contributed by atoms with Crippen LogP contribution in [0.2, 0.25) is 0 Å².